The van der Waals surface area contributed by atoms with Gasteiger partial charge in [-0.2, -0.15) is 0 Å². The Kier molecular flexibility index (Phi) is 6.34. The minimum atomic E-state index is -0.348. The van der Waals surface area contributed by atoms with Crippen molar-refractivity contribution < 1.29 is 9.59 Å². The molecule has 3 aromatic rings. The van der Waals surface area contributed by atoms with Gasteiger partial charge in [0.05, 0.1) is 12.4 Å². The molecule has 0 aliphatic heterocycles. The largest absolute Gasteiger partial charge is 0.349 e. The van der Waals surface area contributed by atoms with E-state index in [1.807, 2.05) is 18.2 Å². The maximum atomic E-state index is 12.4. The van der Waals surface area contributed by atoms with Crippen molar-refractivity contribution in [3.8, 4) is 0 Å². The van der Waals surface area contributed by atoms with E-state index in [0.717, 1.165) is 0 Å². The van der Waals surface area contributed by atoms with Gasteiger partial charge in [0, 0.05) is 23.8 Å². The van der Waals surface area contributed by atoms with E-state index < -0.39 is 0 Å². The third kappa shape index (κ3) is 5.25. The monoisotopic (exact) mass is 388 g/mol. The Labute approximate surface area is 170 Å². The minimum Gasteiger partial charge on any atom is -0.349 e. The first-order valence-corrected chi connectivity index (χ1v) is 9.49. The van der Waals surface area contributed by atoms with E-state index in [-0.39, 0.29) is 23.4 Å². The van der Waals surface area contributed by atoms with Gasteiger partial charge >= 0.3 is 0 Å². The lowest BCUT2D eigenvalue weighted by molar-refractivity contribution is 0.101. The lowest BCUT2D eigenvalue weighted by Crippen LogP contribution is -2.31. The normalized spacial score (nSPS) is 10.6. The van der Waals surface area contributed by atoms with Crippen molar-refractivity contribution in [1.29, 1.82) is 0 Å². The number of rotatable bonds is 7. The molecule has 0 aliphatic rings. The number of amides is 1. The molecule has 0 radical (unpaired) electrons. The van der Waals surface area contributed by atoms with Crippen LogP contribution in [0.5, 0.6) is 0 Å². The molecule has 0 saturated heterocycles. The number of aromatic nitrogens is 2. The number of nitrogens with zero attached hydrogens (tertiary/aromatic N) is 3. The Bertz CT molecular complexity index is 968. The molecule has 0 spiro atoms. The number of carbonyl (C=O) groups excluding carboxylic acids is 2. The van der Waals surface area contributed by atoms with E-state index in [1.54, 1.807) is 30.5 Å². The van der Waals surface area contributed by atoms with Crippen LogP contribution in [-0.2, 0) is 6.54 Å². The molecule has 3 rings (SSSR count). The molecule has 0 aliphatic carbocycles. The van der Waals surface area contributed by atoms with E-state index >= 15 is 0 Å². The summed E-state index contributed by atoms with van der Waals surface area (Å²) in [5.74, 6) is 0.347. The summed E-state index contributed by atoms with van der Waals surface area (Å²) >= 11 is 0. The van der Waals surface area contributed by atoms with Crippen molar-refractivity contribution in [2.24, 2.45) is 0 Å². The van der Waals surface area contributed by atoms with Gasteiger partial charge in [-0.25, -0.2) is 9.97 Å². The lowest BCUT2D eigenvalue weighted by atomic mass is 10.1. The predicted molar refractivity (Wildman–Crippen MR) is 114 cm³/mol. The van der Waals surface area contributed by atoms with Gasteiger partial charge in [0.1, 0.15) is 11.5 Å². The lowest BCUT2D eigenvalue weighted by Gasteiger charge is -2.27. The van der Waals surface area contributed by atoms with Crippen molar-refractivity contribution in [3.63, 3.8) is 0 Å². The molecule has 2 aromatic carbocycles. The quantitative estimate of drug-likeness (QED) is 0.609. The molecular formula is C23H24N4O2. The van der Waals surface area contributed by atoms with Crippen LogP contribution in [0.25, 0.3) is 0 Å². The van der Waals surface area contributed by atoms with Crippen molar-refractivity contribution in [3.05, 3.63) is 83.8 Å². The van der Waals surface area contributed by atoms with Crippen LogP contribution in [0.4, 0.5) is 11.5 Å². The molecule has 1 amide bonds. The summed E-state index contributed by atoms with van der Waals surface area (Å²) in [6, 6.07) is 17.1. The second kappa shape index (κ2) is 9.10. The van der Waals surface area contributed by atoms with Crippen LogP contribution in [0, 0.1) is 0 Å². The maximum absolute atomic E-state index is 12.4. The first-order valence-electron chi connectivity index (χ1n) is 9.49. The highest BCUT2D eigenvalue weighted by Crippen LogP contribution is 2.17. The highest BCUT2D eigenvalue weighted by Gasteiger charge is 2.15. The Hall–Kier alpha value is -3.54. The summed E-state index contributed by atoms with van der Waals surface area (Å²) in [6.45, 7) is 6.40. The fourth-order valence-electron chi connectivity index (χ4n) is 2.88. The molecule has 1 aromatic heterocycles. The Morgan fingerprint density at radius 3 is 2.21 bits per heavy atom. The van der Waals surface area contributed by atoms with Gasteiger partial charge in [-0.05, 0) is 50.6 Å². The van der Waals surface area contributed by atoms with Crippen LogP contribution in [0.1, 0.15) is 47.2 Å². The average Bonchev–Trinajstić information content (AvgIpc) is 2.73. The van der Waals surface area contributed by atoms with Crippen LogP contribution >= 0.6 is 0 Å². The summed E-state index contributed by atoms with van der Waals surface area (Å²) in [4.78, 5) is 34.7. The molecule has 0 fully saturated rings. The van der Waals surface area contributed by atoms with Crippen LogP contribution in [-0.4, -0.2) is 27.7 Å². The zero-order valence-electron chi connectivity index (χ0n) is 16.8. The number of hydrogen-bond acceptors (Lipinski definition) is 5. The predicted octanol–water partition coefficient (Wildman–Crippen LogP) is 4.35. The highest BCUT2D eigenvalue weighted by atomic mass is 16.2. The Morgan fingerprint density at radius 1 is 0.966 bits per heavy atom. The highest BCUT2D eigenvalue weighted by molar-refractivity contribution is 6.03. The van der Waals surface area contributed by atoms with E-state index in [1.165, 1.54) is 18.7 Å². The van der Waals surface area contributed by atoms with E-state index in [0.29, 0.717) is 23.6 Å². The van der Waals surface area contributed by atoms with Crippen molar-refractivity contribution in [2.45, 2.75) is 33.4 Å². The Morgan fingerprint density at radius 2 is 1.66 bits per heavy atom. The topological polar surface area (TPSA) is 75.2 Å². The number of benzene rings is 2. The number of ketones is 1. The smallest absolute Gasteiger partial charge is 0.275 e. The summed E-state index contributed by atoms with van der Waals surface area (Å²) in [5.41, 5.74) is 2.60. The van der Waals surface area contributed by atoms with Crippen molar-refractivity contribution in [1.82, 2.24) is 9.97 Å². The SMILES string of the molecule is CC(=O)c1ccc(NC(=O)c2cnc(N(Cc3ccccc3)C(C)C)cn2)cc1. The number of Topliss-reactive ketones (excluding diaryl/α,β-unsaturated/α-hetero) is 1. The molecule has 0 unspecified atom stereocenters. The third-order valence-electron chi connectivity index (χ3n) is 4.53. The summed E-state index contributed by atoms with van der Waals surface area (Å²) < 4.78 is 0. The molecule has 148 valence electrons. The maximum Gasteiger partial charge on any atom is 0.275 e. The molecule has 6 nitrogen and oxygen atoms in total. The molecule has 0 bridgehead atoms. The second-order valence-electron chi connectivity index (χ2n) is 7.05. The minimum absolute atomic E-state index is 0.0189. The molecule has 6 heteroatoms. The van der Waals surface area contributed by atoms with Gasteiger partial charge in [0.15, 0.2) is 5.78 Å². The molecule has 0 saturated carbocycles. The van der Waals surface area contributed by atoms with Gasteiger partial charge < -0.3 is 10.2 Å². The fraction of sp³-hybridized carbons (Fsp3) is 0.217. The first-order chi connectivity index (χ1) is 13.9. The van der Waals surface area contributed by atoms with Crippen LogP contribution in [0.2, 0.25) is 0 Å². The third-order valence-corrected chi connectivity index (χ3v) is 4.53. The number of anilines is 2. The van der Waals surface area contributed by atoms with Crippen molar-refractivity contribution >= 4 is 23.2 Å². The average molecular weight is 388 g/mol. The number of nitrogens with one attached hydrogen (secondary N) is 1. The van der Waals surface area contributed by atoms with Gasteiger partial charge in [-0.3, -0.25) is 9.59 Å². The molecule has 29 heavy (non-hydrogen) atoms. The molecular weight excluding hydrogens is 364 g/mol. The summed E-state index contributed by atoms with van der Waals surface area (Å²) in [7, 11) is 0. The number of hydrogen-bond donors (Lipinski definition) is 1. The zero-order chi connectivity index (χ0) is 20.8. The second-order valence-corrected chi connectivity index (χ2v) is 7.05. The van der Waals surface area contributed by atoms with E-state index in [2.05, 4.69) is 46.2 Å². The van der Waals surface area contributed by atoms with Crippen LogP contribution < -0.4 is 10.2 Å². The summed E-state index contributed by atoms with van der Waals surface area (Å²) in [5, 5.41) is 2.77. The van der Waals surface area contributed by atoms with Gasteiger partial charge in [0.25, 0.3) is 5.91 Å². The van der Waals surface area contributed by atoms with Crippen molar-refractivity contribution in [2.75, 3.05) is 10.2 Å². The van der Waals surface area contributed by atoms with Gasteiger partial charge in [-0.1, -0.05) is 30.3 Å². The van der Waals surface area contributed by atoms with E-state index in [9.17, 15) is 9.59 Å². The van der Waals surface area contributed by atoms with Gasteiger partial charge in [0.2, 0.25) is 0 Å². The zero-order valence-corrected chi connectivity index (χ0v) is 16.8. The first kappa shape index (κ1) is 20.2. The molecule has 0 atom stereocenters. The Balaban J connectivity index is 1.70. The van der Waals surface area contributed by atoms with Crippen LogP contribution in [0.15, 0.2) is 67.0 Å². The van der Waals surface area contributed by atoms with Gasteiger partial charge in [-0.15, -0.1) is 0 Å². The number of carbonyl (C=O) groups is 2. The van der Waals surface area contributed by atoms with Crippen LogP contribution in [0.3, 0.4) is 0 Å². The van der Waals surface area contributed by atoms with E-state index in [4.69, 9.17) is 0 Å². The molecule has 1 N–H and O–H groups in total. The standard InChI is InChI=1S/C23H24N4O2/c1-16(2)27(15-18-7-5-4-6-8-18)22-14-24-21(13-25-22)23(29)26-20-11-9-19(10-12-20)17(3)28/h4-14,16H,15H2,1-3H3,(H,26,29). The summed E-state index contributed by atoms with van der Waals surface area (Å²) in [6.07, 6.45) is 3.10. The fourth-order valence-corrected chi connectivity index (χ4v) is 2.88. The molecule has 1 heterocycles.